The maximum absolute atomic E-state index is 12.8. The fourth-order valence-corrected chi connectivity index (χ4v) is 2.89. The first-order valence-corrected chi connectivity index (χ1v) is 8.69. The maximum Gasteiger partial charge on any atom is 0.306 e. The molecular formula is C18H20N6O4. The van der Waals surface area contributed by atoms with Gasteiger partial charge in [0.1, 0.15) is 18.1 Å². The third-order valence-corrected chi connectivity index (χ3v) is 4.44. The summed E-state index contributed by atoms with van der Waals surface area (Å²) in [5, 5.41) is 17.2. The lowest BCUT2D eigenvalue weighted by molar-refractivity contribution is -0.385. The lowest BCUT2D eigenvalue weighted by Gasteiger charge is -2.07. The number of rotatable bonds is 7. The van der Waals surface area contributed by atoms with Crippen LogP contribution in [0.2, 0.25) is 0 Å². The summed E-state index contributed by atoms with van der Waals surface area (Å²) in [6, 6.07) is 9.16. The van der Waals surface area contributed by atoms with E-state index < -0.39 is 4.92 Å². The van der Waals surface area contributed by atoms with Crippen LogP contribution in [0, 0.1) is 17.0 Å². The van der Waals surface area contributed by atoms with Crippen molar-refractivity contribution in [1.82, 2.24) is 19.1 Å². The number of hydrogen-bond acceptors (Lipinski definition) is 5. The number of anilines is 1. The van der Waals surface area contributed by atoms with Gasteiger partial charge in [-0.2, -0.15) is 5.10 Å². The molecule has 0 unspecified atom stereocenters. The Morgan fingerprint density at radius 3 is 2.64 bits per heavy atom. The van der Waals surface area contributed by atoms with Crippen LogP contribution in [0.25, 0.3) is 5.69 Å². The van der Waals surface area contributed by atoms with Crippen LogP contribution in [0.4, 0.5) is 11.4 Å². The Bertz CT molecular complexity index is 1060. The van der Waals surface area contributed by atoms with Crippen LogP contribution in [0.1, 0.15) is 18.5 Å². The molecule has 1 aromatic carbocycles. The highest BCUT2D eigenvalue weighted by Gasteiger charge is 2.18. The van der Waals surface area contributed by atoms with Crippen LogP contribution in [-0.2, 0) is 18.4 Å². The minimum Gasteiger partial charge on any atom is -0.320 e. The van der Waals surface area contributed by atoms with Gasteiger partial charge in [-0.1, -0.05) is 18.2 Å². The van der Waals surface area contributed by atoms with Crippen molar-refractivity contribution in [3.05, 3.63) is 68.9 Å². The topological polar surface area (TPSA) is 117 Å². The van der Waals surface area contributed by atoms with Crippen molar-refractivity contribution in [3.8, 4) is 5.69 Å². The van der Waals surface area contributed by atoms with E-state index >= 15 is 0 Å². The van der Waals surface area contributed by atoms with Gasteiger partial charge in [0, 0.05) is 20.0 Å². The summed E-state index contributed by atoms with van der Waals surface area (Å²) in [6.07, 6.45) is 3.08. The molecule has 146 valence electrons. The fourth-order valence-electron chi connectivity index (χ4n) is 2.89. The van der Waals surface area contributed by atoms with E-state index in [0.717, 1.165) is 0 Å². The zero-order valence-corrected chi connectivity index (χ0v) is 15.5. The average molecular weight is 384 g/mol. The van der Waals surface area contributed by atoms with Crippen LogP contribution in [-0.4, -0.2) is 30.0 Å². The van der Waals surface area contributed by atoms with Gasteiger partial charge in [-0.05, 0) is 25.5 Å². The zero-order valence-electron chi connectivity index (χ0n) is 15.5. The predicted octanol–water partition coefficient (Wildman–Crippen LogP) is 2.01. The first-order valence-electron chi connectivity index (χ1n) is 8.69. The summed E-state index contributed by atoms with van der Waals surface area (Å²) in [6.45, 7) is 2.13. The van der Waals surface area contributed by atoms with Crippen molar-refractivity contribution in [2.75, 3.05) is 5.32 Å². The molecule has 3 aromatic rings. The highest BCUT2D eigenvalue weighted by Crippen LogP contribution is 2.14. The van der Waals surface area contributed by atoms with E-state index in [9.17, 15) is 19.7 Å². The van der Waals surface area contributed by atoms with E-state index in [1.165, 1.54) is 21.8 Å². The summed E-state index contributed by atoms with van der Waals surface area (Å²) in [7, 11) is 1.75. The van der Waals surface area contributed by atoms with Crippen molar-refractivity contribution >= 4 is 17.3 Å². The number of benzene rings is 1. The molecule has 0 radical (unpaired) electrons. The summed E-state index contributed by atoms with van der Waals surface area (Å²) < 4.78 is 4.60. The Morgan fingerprint density at radius 1 is 1.29 bits per heavy atom. The highest BCUT2D eigenvalue weighted by molar-refractivity contribution is 5.91. The highest BCUT2D eigenvalue weighted by atomic mass is 16.6. The van der Waals surface area contributed by atoms with E-state index in [0.29, 0.717) is 24.3 Å². The van der Waals surface area contributed by atoms with Gasteiger partial charge >= 0.3 is 5.69 Å². The fraction of sp³-hybridized carbons (Fsp3) is 0.278. The number of nitrogens with one attached hydrogen (secondary N) is 1. The number of para-hydroxylation sites is 1. The van der Waals surface area contributed by atoms with Gasteiger partial charge in [0.25, 0.3) is 5.56 Å². The van der Waals surface area contributed by atoms with Gasteiger partial charge < -0.3 is 5.32 Å². The van der Waals surface area contributed by atoms with Crippen LogP contribution < -0.4 is 10.9 Å². The largest absolute Gasteiger partial charge is 0.320 e. The van der Waals surface area contributed by atoms with Gasteiger partial charge in [-0.15, -0.1) is 0 Å². The molecule has 1 N–H and O–H groups in total. The molecule has 0 atom stereocenters. The predicted molar refractivity (Wildman–Crippen MR) is 102 cm³/mol. The van der Waals surface area contributed by atoms with Gasteiger partial charge in [0.15, 0.2) is 0 Å². The molecule has 28 heavy (non-hydrogen) atoms. The van der Waals surface area contributed by atoms with Crippen LogP contribution >= 0.6 is 0 Å². The third-order valence-electron chi connectivity index (χ3n) is 4.44. The van der Waals surface area contributed by atoms with E-state index in [2.05, 4.69) is 10.4 Å². The number of carbonyl (C=O) groups is 1. The normalized spacial score (nSPS) is 10.8. The third kappa shape index (κ3) is 3.85. The summed E-state index contributed by atoms with van der Waals surface area (Å²) in [5.74, 6) is -0.298. The monoisotopic (exact) mass is 384 g/mol. The van der Waals surface area contributed by atoms with E-state index in [-0.39, 0.29) is 29.3 Å². The van der Waals surface area contributed by atoms with Crippen molar-refractivity contribution in [3.63, 3.8) is 0 Å². The molecule has 2 aromatic heterocycles. The first-order chi connectivity index (χ1) is 13.4. The van der Waals surface area contributed by atoms with E-state index in [1.54, 1.807) is 18.7 Å². The molecule has 2 heterocycles. The van der Waals surface area contributed by atoms with Gasteiger partial charge in [0.2, 0.25) is 5.91 Å². The Morgan fingerprint density at radius 2 is 2.00 bits per heavy atom. The van der Waals surface area contributed by atoms with Crippen LogP contribution in [0.15, 0.2) is 47.5 Å². The Hall–Kier alpha value is -3.69. The van der Waals surface area contributed by atoms with E-state index in [4.69, 9.17) is 0 Å². The molecular weight excluding hydrogens is 364 g/mol. The van der Waals surface area contributed by atoms with Gasteiger partial charge in [0.05, 0.1) is 16.3 Å². The van der Waals surface area contributed by atoms with Crippen LogP contribution in [0.3, 0.4) is 0 Å². The number of aromatic nitrogens is 4. The molecule has 0 aliphatic heterocycles. The number of nitrogens with zero attached hydrogens (tertiary/aromatic N) is 5. The number of hydrogen-bond donors (Lipinski definition) is 1. The number of aryl methyl sites for hydroxylation is 1. The molecule has 0 aliphatic rings. The van der Waals surface area contributed by atoms with E-state index in [1.807, 2.05) is 30.3 Å². The molecule has 0 aliphatic carbocycles. The second-order valence-electron chi connectivity index (χ2n) is 6.31. The van der Waals surface area contributed by atoms with Gasteiger partial charge in [-0.3, -0.25) is 29.1 Å². The molecule has 3 rings (SSSR count). The molecule has 1 amide bonds. The number of amides is 1. The minimum atomic E-state index is -0.522. The molecule has 0 saturated heterocycles. The molecule has 0 spiro atoms. The Labute approximate surface area is 160 Å². The van der Waals surface area contributed by atoms with Gasteiger partial charge in [-0.25, -0.2) is 4.68 Å². The minimum absolute atomic E-state index is 0.0918. The zero-order chi connectivity index (χ0) is 20.3. The Kier molecular flexibility index (Phi) is 5.39. The molecule has 0 saturated carbocycles. The summed E-state index contributed by atoms with van der Waals surface area (Å²) in [5.41, 5.74) is 1.20. The summed E-state index contributed by atoms with van der Waals surface area (Å²) in [4.78, 5) is 35.2. The summed E-state index contributed by atoms with van der Waals surface area (Å²) >= 11 is 0. The second kappa shape index (κ2) is 7.91. The average Bonchev–Trinajstić information content (AvgIpc) is 3.22. The molecule has 0 bridgehead atoms. The van der Waals surface area contributed by atoms with Crippen molar-refractivity contribution < 1.29 is 9.72 Å². The quantitative estimate of drug-likeness (QED) is 0.494. The standard InChI is InChI=1S/C18H20N6O4/c1-13-17(18(26)23(21(13)2)14-7-4-3-5-8-14)20-16(25)9-6-10-22-12-15(11-19-22)24(27)28/h3-5,7-8,11-12H,6,9-10H2,1-2H3,(H,20,25). The first kappa shape index (κ1) is 19.1. The van der Waals surface area contributed by atoms with Crippen molar-refractivity contribution in [2.45, 2.75) is 26.3 Å². The van der Waals surface area contributed by atoms with Crippen LogP contribution in [0.5, 0.6) is 0 Å². The molecule has 10 nitrogen and oxygen atoms in total. The second-order valence-corrected chi connectivity index (χ2v) is 6.31. The lowest BCUT2D eigenvalue weighted by atomic mass is 10.3. The smallest absolute Gasteiger partial charge is 0.306 e. The maximum atomic E-state index is 12.8. The SMILES string of the molecule is Cc1c(NC(=O)CCCn2cc([N+](=O)[O-])cn2)c(=O)n(-c2ccccc2)n1C. The molecule has 0 fully saturated rings. The molecule has 10 heteroatoms. The Balaban J connectivity index is 1.65. The lowest BCUT2D eigenvalue weighted by Crippen LogP contribution is -2.23. The van der Waals surface area contributed by atoms with Crippen molar-refractivity contribution in [2.24, 2.45) is 7.05 Å². The number of nitro groups is 1. The number of carbonyl (C=O) groups excluding carboxylic acids is 1. The van der Waals surface area contributed by atoms with Crippen molar-refractivity contribution in [1.29, 1.82) is 0 Å².